The van der Waals surface area contributed by atoms with Gasteiger partial charge >= 0.3 is 0 Å². The second kappa shape index (κ2) is 5.57. The van der Waals surface area contributed by atoms with Crippen LogP contribution < -0.4 is 0 Å². The third-order valence-corrected chi connectivity index (χ3v) is 4.54. The van der Waals surface area contributed by atoms with Crippen molar-refractivity contribution in [1.29, 1.82) is 0 Å². The molecule has 0 heterocycles. The summed E-state index contributed by atoms with van der Waals surface area (Å²) >= 11 is 0. The quantitative estimate of drug-likeness (QED) is 0.911. The van der Waals surface area contributed by atoms with E-state index in [1.54, 1.807) is 0 Å². The van der Waals surface area contributed by atoms with E-state index >= 15 is 0 Å². The lowest BCUT2D eigenvalue weighted by atomic mass is 9.67. The number of halogens is 2. The fourth-order valence-corrected chi connectivity index (χ4v) is 3.44. The van der Waals surface area contributed by atoms with Gasteiger partial charge in [0, 0.05) is 11.5 Å². The largest absolute Gasteiger partial charge is 0.395 e. The van der Waals surface area contributed by atoms with Gasteiger partial charge in [-0.2, -0.15) is 0 Å². The van der Waals surface area contributed by atoms with Crippen molar-refractivity contribution in [3.05, 3.63) is 70.8 Å². The summed E-state index contributed by atoms with van der Waals surface area (Å²) in [5.74, 6) is -1.11. The Labute approximate surface area is 123 Å². The van der Waals surface area contributed by atoms with E-state index in [-0.39, 0.29) is 6.61 Å². The van der Waals surface area contributed by atoms with E-state index in [1.807, 2.05) is 18.2 Å². The van der Waals surface area contributed by atoms with Crippen LogP contribution in [-0.4, -0.2) is 11.7 Å². The van der Waals surface area contributed by atoms with Gasteiger partial charge in [-0.25, -0.2) is 8.78 Å². The van der Waals surface area contributed by atoms with Crippen molar-refractivity contribution < 1.29 is 13.9 Å². The van der Waals surface area contributed by atoms with Gasteiger partial charge in [0.2, 0.25) is 0 Å². The molecule has 0 bridgehead atoms. The Morgan fingerprint density at radius 3 is 2.67 bits per heavy atom. The van der Waals surface area contributed by atoms with Crippen molar-refractivity contribution >= 4 is 0 Å². The summed E-state index contributed by atoms with van der Waals surface area (Å²) in [4.78, 5) is 0. The number of hydrogen-bond acceptors (Lipinski definition) is 1. The standard InChI is InChI=1S/C18H18F2O/c19-15-8-7-14(17(20)10-15)11-18(12-21)9-3-5-13-4-1-2-6-16(13)18/h1-2,4,6-8,10,21H,3,5,9,11-12H2. The Morgan fingerprint density at radius 1 is 1.10 bits per heavy atom. The number of rotatable bonds is 3. The van der Waals surface area contributed by atoms with Crippen molar-refractivity contribution in [2.45, 2.75) is 31.1 Å². The summed E-state index contributed by atoms with van der Waals surface area (Å²) in [5.41, 5.74) is 2.32. The highest BCUT2D eigenvalue weighted by Crippen LogP contribution is 2.40. The van der Waals surface area contributed by atoms with Crippen molar-refractivity contribution in [3.8, 4) is 0 Å². The SMILES string of the molecule is OCC1(Cc2ccc(F)cc2F)CCCc2ccccc21. The zero-order valence-electron chi connectivity index (χ0n) is 11.8. The molecule has 0 radical (unpaired) electrons. The van der Waals surface area contributed by atoms with Gasteiger partial charge in [0.05, 0.1) is 6.61 Å². The minimum absolute atomic E-state index is 0.0270. The molecule has 2 aromatic rings. The minimum atomic E-state index is -0.571. The molecule has 0 aromatic heterocycles. The first-order chi connectivity index (χ1) is 10.1. The monoisotopic (exact) mass is 288 g/mol. The molecule has 0 saturated carbocycles. The smallest absolute Gasteiger partial charge is 0.129 e. The third-order valence-electron chi connectivity index (χ3n) is 4.54. The second-order valence-corrected chi connectivity index (χ2v) is 5.86. The minimum Gasteiger partial charge on any atom is -0.395 e. The summed E-state index contributed by atoms with van der Waals surface area (Å²) in [6.07, 6.45) is 3.17. The van der Waals surface area contributed by atoms with Gasteiger partial charge in [0.15, 0.2) is 0 Å². The predicted octanol–water partition coefficient (Wildman–Crippen LogP) is 3.77. The first-order valence-electron chi connectivity index (χ1n) is 7.28. The number of aryl methyl sites for hydroxylation is 1. The van der Waals surface area contributed by atoms with Crippen LogP contribution in [0.3, 0.4) is 0 Å². The lowest BCUT2D eigenvalue weighted by molar-refractivity contribution is 0.172. The Balaban J connectivity index is 2.02. The molecule has 3 heteroatoms. The Kier molecular flexibility index (Phi) is 3.77. The number of fused-ring (bicyclic) bond motifs is 1. The van der Waals surface area contributed by atoms with Gasteiger partial charge in [-0.3, -0.25) is 0 Å². The number of aliphatic hydroxyl groups is 1. The molecule has 0 amide bonds. The van der Waals surface area contributed by atoms with Crippen LogP contribution >= 0.6 is 0 Å². The highest BCUT2D eigenvalue weighted by Gasteiger charge is 2.36. The van der Waals surface area contributed by atoms with E-state index in [9.17, 15) is 13.9 Å². The van der Waals surface area contributed by atoms with Crippen LogP contribution in [0.15, 0.2) is 42.5 Å². The van der Waals surface area contributed by atoms with E-state index in [4.69, 9.17) is 0 Å². The molecule has 0 fully saturated rings. The van der Waals surface area contributed by atoms with E-state index in [0.29, 0.717) is 12.0 Å². The van der Waals surface area contributed by atoms with Crippen LogP contribution in [-0.2, 0) is 18.3 Å². The summed E-state index contributed by atoms with van der Waals surface area (Å²) in [5, 5.41) is 10.00. The van der Waals surface area contributed by atoms with E-state index in [0.717, 1.165) is 30.9 Å². The zero-order chi connectivity index (χ0) is 14.9. The third kappa shape index (κ3) is 2.58. The van der Waals surface area contributed by atoms with Gasteiger partial charge in [-0.1, -0.05) is 30.3 Å². The van der Waals surface area contributed by atoms with Crippen LogP contribution in [0.5, 0.6) is 0 Å². The molecule has 0 saturated heterocycles. The van der Waals surface area contributed by atoms with Gasteiger partial charge < -0.3 is 5.11 Å². The summed E-state index contributed by atoms with van der Waals surface area (Å²) in [6, 6.07) is 11.7. The van der Waals surface area contributed by atoms with E-state index in [2.05, 4.69) is 6.07 Å². The number of aliphatic hydroxyl groups excluding tert-OH is 1. The van der Waals surface area contributed by atoms with Gasteiger partial charge in [-0.15, -0.1) is 0 Å². The first-order valence-corrected chi connectivity index (χ1v) is 7.28. The Hall–Kier alpha value is -1.74. The van der Waals surface area contributed by atoms with Crippen molar-refractivity contribution in [2.75, 3.05) is 6.61 Å². The van der Waals surface area contributed by atoms with Gasteiger partial charge in [0.1, 0.15) is 11.6 Å². The van der Waals surface area contributed by atoms with Crippen molar-refractivity contribution in [2.24, 2.45) is 0 Å². The highest BCUT2D eigenvalue weighted by molar-refractivity contribution is 5.39. The molecule has 110 valence electrons. The normalized spacial score (nSPS) is 21.1. The summed E-state index contributed by atoms with van der Waals surface area (Å²) in [7, 11) is 0. The van der Waals surface area contributed by atoms with Crippen LogP contribution in [0, 0.1) is 11.6 Å². The molecular weight excluding hydrogens is 270 g/mol. The highest BCUT2D eigenvalue weighted by atomic mass is 19.1. The number of benzene rings is 2. The maximum absolute atomic E-state index is 14.0. The van der Waals surface area contributed by atoms with E-state index in [1.165, 1.54) is 17.7 Å². The molecule has 0 spiro atoms. The van der Waals surface area contributed by atoms with E-state index < -0.39 is 17.0 Å². The molecule has 0 aliphatic heterocycles. The summed E-state index contributed by atoms with van der Waals surface area (Å²) < 4.78 is 27.0. The fourth-order valence-electron chi connectivity index (χ4n) is 3.44. The summed E-state index contributed by atoms with van der Waals surface area (Å²) in [6.45, 7) is -0.0270. The molecule has 3 rings (SSSR count). The molecule has 1 atom stereocenters. The molecule has 1 nitrogen and oxygen atoms in total. The van der Waals surface area contributed by atoms with Crippen LogP contribution in [0.2, 0.25) is 0 Å². The van der Waals surface area contributed by atoms with Crippen LogP contribution in [0.1, 0.15) is 29.5 Å². The Bertz CT molecular complexity index is 653. The van der Waals surface area contributed by atoms with Crippen LogP contribution in [0.4, 0.5) is 8.78 Å². The molecule has 1 aliphatic carbocycles. The van der Waals surface area contributed by atoms with Gasteiger partial charge in [0.25, 0.3) is 0 Å². The predicted molar refractivity (Wildman–Crippen MR) is 78.2 cm³/mol. The molecule has 21 heavy (non-hydrogen) atoms. The first kappa shape index (κ1) is 14.2. The average molecular weight is 288 g/mol. The van der Waals surface area contributed by atoms with Gasteiger partial charge in [-0.05, 0) is 48.4 Å². The molecule has 2 aromatic carbocycles. The second-order valence-electron chi connectivity index (χ2n) is 5.86. The lowest BCUT2D eigenvalue weighted by Gasteiger charge is -2.38. The fraction of sp³-hybridized carbons (Fsp3) is 0.333. The average Bonchev–Trinajstić information content (AvgIpc) is 2.50. The topological polar surface area (TPSA) is 20.2 Å². The maximum Gasteiger partial charge on any atom is 0.129 e. The Morgan fingerprint density at radius 2 is 1.90 bits per heavy atom. The molecule has 1 aliphatic rings. The number of hydrogen-bond donors (Lipinski definition) is 1. The van der Waals surface area contributed by atoms with Crippen molar-refractivity contribution in [3.63, 3.8) is 0 Å². The molecular formula is C18H18F2O. The van der Waals surface area contributed by atoms with Crippen LogP contribution in [0.25, 0.3) is 0 Å². The molecule has 1 unspecified atom stereocenters. The molecule has 1 N–H and O–H groups in total. The van der Waals surface area contributed by atoms with Crippen molar-refractivity contribution in [1.82, 2.24) is 0 Å². The maximum atomic E-state index is 14.0. The zero-order valence-corrected chi connectivity index (χ0v) is 11.8. The lowest BCUT2D eigenvalue weighted by Crippen LogP contribution is -2.37.